The number of aryl methyl sites for hydroxylation is 1. The predicted octanol–water partition coefficient (Wildman–Crippen LogP) is 8.33. The summed E-state index contributed by atoms with van der Waals surface area (Å²) in [6, 6.07) is 23.6. The van der Waals surface area contributed by atoms with Crippen LogP contribution in [0.4, 0.5) is 10.1 Å². The quantitative estimate of drug-likeness (QED) is 0.212. The van der Waals surface area contributed by atoms with E-state index >= 15 is 0 Å². The van der Waals surface area contributed by atoms with Gasteiger partial charge in [-0.15, -0.1) is 0 Å². The molecule has 42 heavy (non-hydrogen) atoms. The molecule has 0 bridgehead atoms. The molecule has 2 aliphatic carbocycles. The van der Waals surface area contributed by atoms with E-state index in [4.69, 9.17) is 0 Å². The maximum atomic E-state index is 14.1. The Kier molecular flexibility index (Phi) is 9.19. The van der Waals surface area contributed by atoms with Crippen LogP contribution in [0, 0.1) is 11.7 Å². The zero-order valence-electron chi connectivity index (χ0n) is 25.2. The lowest BCUT2D eigenvalue weighted by molar-refractivity contribution is -0.120. The van der Waals surface area contributed by atoms with Gasteiger partial charge in [0.1, 0.15) is 11.6 Å². The number of benzene rings is 3. The number of nitrogens with zero attached hydrogens (tertiary/aromatic N) is 3. The summed E-state index contributed by atoms with van der Waals surface area (Å²) in [5.74, 6) is 0.973. The van der Waals surface area contributed by atoms with E-state index in [9.17, 15) is 9.18 Å². The number of hydrogen-bond acceptors (Lipinski definition) is 4. The molecule has 2 aliphatic rings. The summed E-state index contributed by atoms with van der Waals surface area (Å²) in [5, 5.41) is 0. The summed E-state index contributed by atoms with van der Waals surface area (Å²) in [6.45, 7) is 8.98. The molecular weight excluding hydrogens is 543 g/mol. The number of amides is 1. The number of halogens is 1. The van der Waals surface area contributed by atoms with Crippen LogP contribution in [0.2, 0.25) is 0 Å². The van der Waals surface area contributed by atoms with Crippen LogP contribution in [0.15, 0.2) is 90.1 Å². The van der Waals surface area contributed by atoms with E-state index in [0.29, 0.717) is 6.54 Å². The van der Waals surface area contributed by atoms with E-state index in [1.54, 1.807) is 18.3 Å². The molecule has 1 unspecified atom stereocenters. The van der Waals surface area contributed by atoms with Crippen molar-refractivity contribution >= 4 is 23.5 Å². The van der Waals surface area contributed by atoms with Crippen LogP contribution < -0.4 is 9.62 Å². The van der Waals surface area contributed by atoms with E-state index in [1.165, 1.54) is 34.7 Å². The smallest absolute Gasteiger partial charge is 0.231 e. The van der Waals surface area contributed by atoms with Crippen LogP contribution in [0.25, 0.3) is 0 Å². The Hall–Kier alpha value is -3.42. The molecule has 6 rings (SSSR count). The second kappa shape index (κ2) is 12.8. The highest BCUT2D eigenvalue weighted by Crippen LogP contribution is 2.50. The topological polar surface area (TPSA) is 50.2 Å². The third-order valence-electron chi connectivity index (χ3n) is 8.45. The fourth-order valence-corrected chi connectivity index (χ4v) is 6.77. The molecule has 220 valence electrons. The number of aromatic nitrogens is 2. The van der Waals surface area contributed by atoms with Gasteiger partial charge >= 0.3 is 0 Å². The number of imidazole rings is 1. The van der Waals surface area contributed by atoms with Crippen LogP contribution in [-0.4, -0.2) is 15.5 Å². The average molecular weight is 585 g/mol. The normalized spacial score (nSPS) is 20.2. The first-order valence-corrected chi connectivity index (χ1v) is 15.8. The molecule has 5 nitrogen and oxygen atoms in total. The van der Waals surface area contributed by atoms with E-state index in [1.807, 2.05) is 60.8 Å². The van der Waals surface area contributed by atoms with Crippen molar-refractivity contribution < 1.29 is 9.18 Å². The van der Waals surface area contributed by atoms with Gasteiger partial charge in [0.25, 0.3) is 0 Å². The molecule has 7 heteroatoms. The average Bonchev–Trinajstić information content (AvgIpc) is 3.71. The molecule has 0 radical (unpaired) electrons. The van der Waals surface area contributed by atoms with Crippen molar-refractivity contribution in [1.82, 2.24) is 14.3 Å². The minimum Gasteiger partial charge on any atom is -0.337 e. The molecule has 1 amide bonds. The summed E-state index contributed by atoms with van der Waals surface area (Å²) in [5.41, 5.74) is 4.64. The molecule has 0 spiro atoms. The lowest BCUT2D eigenvalue weighted by Crippen LogP contribution is -2.35. The van der Waals surface area contributed by atoms with E-state index in [-0.39, 0.29) is 35.0 Å². The van der Waals surface area contributed by atoms with Gasteiger partial charge in [-0.25, -0.2) is 9.37 Å². The zero-order chi connectivity index (χ0) is 29.9. The molecule has 0 aliphatic heterocycles. The Morgan fingerprint density at radius 2 is 1.88 bits per heavy atom. The number of carbonyl (C=O) groups excluding carboxylic acids is 1. The SMILES string of the molecule is CC.Cn1ccnc1CN(C(=O)[C@H]1C[C@@H]1c1ccccc1)c1ccc2c(c1)C(NSc1cccc(F)c1)CCC2(C)C. The molecule has 1 fully saturated rings. The third-order valence-corrected chi connectivity index (χ3v) is 9.34. The zero-order valence-corrected chi connectivity index (χ0v) is 26.0. The minimum absolute atomic E-state index is 0.0268. The highest BCUT2D eigenvalue weighted by Gasteiger charge is 2.46. The molecule has 1 aromatic heterocycles. The Balaban J connectivity index is 0.00000173. The number of rotatable bonds is 8. The first-order chi connectivity index (χ1) is 20.3. The molecule has 1 N–H and O–H groups in total. The van der Waals surface area contributed by atoms with Gasteiger partial charge in [0.15, 0.2) is 0 Å². The van der Waals surface area contributed by atoms with Crippen molar-refractivity contribution in [3.8, 4) is 0 Å². The third kappa shape index (κ3) is 6.47. The Labute approximate surface area is 253 Å². The van der Waals surface area contributed by atoms with Gasteiger partial charge in [-0.05, 0) is 89.6 Å². The number of nitrogens with one attached hydrogen (secondary N) is 1. The lowest BCUT2D eigenvalue weighted by atomic mass is 9.71. The van der Waals surface area contributed by atoms with Crippen LogP contribution in [0.1, 0.15) is 81.4 Å². The summed E-state index contributed by atoms with van der Waals surface area (Å²) in [7, 11) is 1.97. The van der Waals surface area contributed by atoms with Crippen LogP contribution in [0.5, 0.6) is 0 Å². The van der Waals surface area contributed by atoms with Crippen LogP contribution in [0.3, 0.4) is 0 Å². The summed E-state index contributed by atoms with van der Waals surface area (Å²) in [6.07, 6.45) is 6.56. The Morgan fingerprint density at radius 3 is 2.60 bits per heavy atom. The monoisotopic (exact) mass is 584 g/mol. The second-order valence-corrected chi connectivity index (χ2v) is 12.6. The number of hydrogen-bond donors (Lipinski definition) is 1. The maximum Gasteiger partial charge on any atom is 0.231 e. The number of fused-ring (bicyclic) bond motifs is 1. The van der Waals surface area contributed by atoms with Gasteiger partial charge in [0.2, 0.25) is 5.91 Å². The van der Waals surface area contributed by atoms with Crippen molar-refractivity contribution in [2.45, 2.75) is 75.8 Å². The summed E-state index contributed by atoms with van der Waals surface area (Å²) >= 11 is 1.46. The maximum absolute atomic E-state index is 14.1. The highest BCUT2D eigenvalue weighted by molar-refractivity contribution is 7.97. The lowest BCUT2D eigenvalue weighted by Gasteiger charge is -2.38. The standard InChI is InChI=1S/C33H35FN4OS.C2H6/c1-33(2)15-14-30(36-40-25-11-7-10-23(34)18-25)28-19-24(12-13-29(28)33)38(21-31-35-16-17-37(31)3)32(39)27-20-26(27)22-8-5-4-6-9-22;1-2/h4-13,16-19,26-27,30,36H,14-15,20-21H2,1-3H3;1-2H3/t26-,27+,30?;/m1./s1. The molecule has 3 atom stereocenters. The van der Waals surface area contributed by atoms with E-state index in [0.717, 1.165) is 35.7 Å². The fraction of sp³-hybridized carbons (Fsp3) is 0.371. The molecule has 4 aromatic rings. The van der Waals surface area contributed by atoms with Crippen LogP contribution in [-0.2, 0) is 23.8 Å². The van der Waals surface area contributed by atoms with Crippen molar-refractivity contribution in [1.29, 1.82) is 0 Å². The van der Waals surface area contributed by atoms with Gasteiger partial charge in [-0.1, -0.05) is 70.2 Å². The predicted molar refractivity (Wildman–Crippen MR) is 170 cm³/mol. The van der Waals surface area contributed by atoms with Crippen LogP contribution >= 0.6 is 11.9 Å². The first-order valence-electron chi connectivity index (χ1n) is 14.9. The van der Waals surface area contributed by atoms with E-state index < -0.39 is 0 Å². The largest absolute Gasteiger partial charge is 0.337 e. The first kappa shape index (κ1) is 30.1. The van der Waals surface area contributed by atoms with Gasteiger partial charge in [-0.2, -0.15) is 0 Å². The number of carbonyl (C=O) groups is 1. The van der Waals surface area contributed by atoms with Crippen molar-refractivity contribution in [3.63, 3.8) is 0 Å². The number of anilines is 1. The Morgan fingerprint density at radius 1 is 1.10 bits per heavy atom. The minimum atomic E-state index is -0.239. The Bertz CT molecular complexity index is 1520. The van der Waals surface area contributed by atoms with Crippen molar-refractivity contribution in [2.24, 2.45) is 13.0 Å². The molecule has 3 aromatic carbocycles. The van der Waals surface area contributed by atoms with Gasteiger partial charge in [-0.3, -0.25) is 9.52 Å². The molecule has 1 heterocycles. The molecule has 0 saturated heterocycles. The highest BCUT2D eigenvalue weighted by atomic mass is 32.2. The van der Waals surface area contributed by atoms with E-state index in [2.05, 4.69) is 53.9 Å². The fourth-order valence-electron chi connectivity index (χ4n) is 5.93. The van der Waals surface area contributed by atoms with Crippen molar-refractivity contribution in [3.05, 3.63) is 114 Å². The van der Waals surface area contributed by atoms with Gasteiger partial charge in [0, 0.05) is 42.0 Å². The molecule has 1 saturated carbocycles. The molecular formula is C35H41FN4OS. The summed E-state index contributed by atoms with van der Waals surface area (Å²) in [4.78, 5) is 21.4. The van der Waals surface area contributed by atoms with Gasteiger partial charge in [0.05, 0.1) is 6.54 Å². The second-order valence-electron chi connectivity index (χ2n) is 11.7. The van der Waals surface area contributed by atoms with Crippen molar-refractivity contribution in [2.75, 3.05) is 4.90 Å². The van der Waals surface area contributed by atoms with Gasteiger partial charge < -0.3 is 9.47 Å². The summed E-state index contributed by atoms with van der Waals surface area (Å²) < 4.78 is 19.4.